The molecule has 2 amide bonds. The van der Waals surface area contributed by atoms with Gasteiger partial charge in [0, 0.05) is 11.5 Å². The summed E-state index contributed by atoms with van der Waals surface area (Å²) >= 11 is 0. The maximum atomic E-state index is 12.8. The van der Waals surface area contributed by atoms with Crippen LogP contribution in [-0.4, -0.2) is 21.6 Å². The average Bonchev–Trinajstić information content (AvgIpc) is 2.73. The number of hydrogen-bond donors (Lipinski definition) is 2. The monoisotopic (exact) mass is 374 g/mol. The quantitative estimate of drug-likeness (QED) is 0.416. The van der Waals surface area contributed by atoms with Crippen LogP contribution in [0.2, 0.25) is 0 Å². The van der Waals surface area contributed by atoms with Crippen LogP contribution in [0.25, 0.3) is 16.5 Å². The van der Waals surface area contributed by atoms with Crippen LogP contribution in [0, 0.1) is 0 Å². The lowest BCUT2D eigenvalue weighted by Gasteiger charge is -2.11. The van der Waals surface area contributed by atoms with E-state index in [1.54, 1.807) is 66.8 Å². The van der Waals surface area contributed by atoms with Crippen LogP contribution in [0.15, 0.2) is 83.7 Å². The van der Waals surface area contributed by atoms with E-state index in [0.717, 1.165) is 0 Å². The first-order chi connectivity index (χ1) is 13.6. The highest BCUT2D eigenvalue weighted by Gasteiger charge is 2.17. The smallest absolute Gasteiger partial charge is 0.268 e. The van der Waals surface area contributed by atoms with Gasteiger partial charge in [-0.3, -0.25) is 25.2 Å². The van der Waals surface area contributed by atoms with Crippen molar-refractivity contribution in [3.63, 3.8) is 0 Å². The van der Waals surface area contributed by atoms with Gasteiger partial charge in [-0.2, -0.15) is 9.78 Å². The Bertz CT molecular complexity index is 1130. The van der Waals surface area contributed by atoms with Gasteiger partial charge in [0.2, 0.25) is 0 Å². The van der Waals surface area contributed by atoms with Crippen LogP contribution >= 0.6 is 0 Å². The number of nitrogens with one attached hydrogen (secondary N) is 2. The molecule has 1 heterocycles. The number of fused-ring (bicyclic) bond motifs is 1. The van der Waals surface area contributed by atoms with Gasteiger partial charge in [0.05, 0.1) is 11.1 Å². The largest absolute Gasteiger partial charge is 0.290 e. The molecule has 0 saturated heterocycles. The molecule has 3 rings (SSSR count). The normalized spacial score (nSPS) is 11.2. The van der Waals surface area contributed by atoms with Crippen LogP contribution < -0.4 is 16.4 Å². The Morgan fingerprint density at radius 1 is 0.929 bits per heavy atom. The molecule has 0 spiro atoms. The van der Waals surface area contributed by atoms with E-state index in [9.17, 15) is 14.4 Å². The molecule has 0 aliphatic rings. The highest BCUT2D eigenvalue weighted by molar-refractivity contribution is 6.05. The molecule has 7 heteroatoms. The fraction of sp³-hybridized carbons (Fsp3) is 0.0476. The van der Waals surface area contributed by atoms with Crippen molar-refractivity contribution < 1.29 is 9.59 Å². The minimum absolute atomic E-state index is 0.0248. The third-order valence-corrected chi connectivity index (χ3v) is 3.87. The van der Waals surface area contributed by atoms with Gasteiger partial charge in [-0.25, -0.2) is 0 Å². The number of allylic oxidation sites excluding steroid dienone is 3. The van der Waals surface area contributed by atoms with E-state index < -0.39 is 11.8 Å². The predicted molar refractivity (Wildman–Crippen MR) is 107 cm³/mol. The summed E-state index contributed by atoms with van der Waals surface area (Å²) in [5.74, 6) is -1.12. The van der Waals surface area contributed by atoms with Gasteiger partial charge in [-0.15, -0.1) is 0 Å². The molecule has 1 aromatic heterocycles. The third-order valence-electron chi connectivity index (χ3n) is 3.87. The minimum Gasteiger partial charge on any atom is -0.268 e. The summed E-state index contributed by atoms with van der Waals surface area (Å²) < 4.78 is 1.17. The van der Waals surface area contributed by atoms with Crippen LogP contribution in [0.3, 0.4) is 0 Å². The second-order valence-electron chi connectivity index (χ2n) is 5.77. The number of para-hydroxylation sites is 1. The van der Waals surface area contributed by atoms with E-state index in [4.69, 9.17) is 0 Å². The SMILES string of the molecule is C/C=C/C=C/C(=O)NNC(=O)c1nn(-c2ccccc2)c(=O)c2ccccc12. The molecule has 0 aliphatic carbocycles. The van der Waals surface area contributed by atoms with Gasteiger partial charge in [-0.05, 0) is 25.1 Å². The van der Waals surface area contributed by atoms with E-state index in [1.165, 1.54) is 10.8 Å². The van der Waals surface area contributed by atoms with Crippen LogP contribution in [-0.2, 0) is 4.79 Å². The lowest BCUT2D eigenvalue weighted by atomic mass is 10.1. The molecular weight excluding hydrogens is 356 g/mol. The molecule has 2 aromatic carbocycles. The highest BCUT2D eigenvalue weighted by Crippen LogP contribution is 2.15. The van der Waals surface area contributed by atoms with E-state index in [0.29, 0.717) is 16.5 Å². The molecule has 0 fully saturated rings. The summed E-state index contributed by atoms with van der Waals surface area (Å²) in [5.41, 5.74) is 4.84. The second-order valence-corrected chi connectivity index (χ2v) is 5.77. The first-order valence-electron chi connectivity index (χ1n) is 8.59. The topological polar surface area (TPSA) is 93.1 Å². The van der Waals surface area contributed by atoms with Crippen LogP contribution in [0.4, 0.5) is 0 Å². The Balaban J connectivity index is 1.98. The molecule has 2 N–H and O–H groups in total. The van der Waals surface area contributed by atoms with Crippen LogP contribution in [0.5, 0.6) is 0 Å². The molecule has 3 aromatic rings. The van der Waals surface area contributed by atoms with E-state index in [1.807, 2.05) is 13.0 Å². The number of aromatic nitrogens is 2. The summed E-state index contributed by atoms with van der Waals surface area (Å²) in [6.45, 7) is 1.82. The molecule has 0 radical (unpaired) electrons. The van der Waals surface area contributed by atoms with Gasteiger partial charge in [0.25, 0.3) is 17.4 Å². The maximum Gasteiger partial charge on any atom is 0.290 e. The Kier molecular flexibility index (Phi) is 5.76. The predicted octanol–water partition coefficient (Wildman–Crippen LogP) is 2.28. The van der Waals surface area contributed by atoms with Crippen LogP contribution in [0.1, 0.15) is 17.4 Å². The molecule has 0 bridgehead atoms. The van der Waals surface area contributed by atoms with E-state index in [2.05, 4.69) is 16.0 Å². The number of amides is 2. The van der Waals surface area contributed by atoms with Crippen molar-refractivity contribution in [2.45, 2.75) is 6.92 Å². The van der Waals surface area contributed by atoms with Gasteiger partial charge < -0.3 is 0 Å². The zero-order valence-electron chi connectivity index (χ0n) is 15.1. The van der Waals surface area contributed by atoms with E-state index in [-0.39, 0.29) is 11.3 Å². The molecular formula is C21H18N4O3. The number of rotatable bonds is 4. The first-order valence-corrected chi connectivity index (χ1v) is 8.59. The molecule has 0 saturated carbocycles. The van der Waals surface area contributed by atoms with Gasteiger partial charge in [0.1, 0.15) is 0 Å². The number of carbonyl (C=O) groups is 2. The molecule has 28 heavy (non-hydrogen) atoms. The molecule has 0 unspecified atom stereocenters. The minimum atomic E-state index is -0.631. The molecule has 140 valence electrons. The Morgan fingerprint density at radius 3 is 2.32 bits per heavy atom. The van der Waals surface area contributed by atoms with Gasteiger partial charge >= 0.3 is 0 Å². The van der Waals surface area contributed by atoms with Crippen molar-refractivity contribution in [3.05, 3.63) is 94.9 Å². The standard InChI is InChI=1S/C21H18N4O3/c1-2-3-5-14-18(26)22-23-20(27)19-16-12-8-9-13-17(16)21(28)25(24-19)15-10-6-4-7-11-15/h2-14H,1H3,(H,22,26)(H,23,27)/b3-2+,14-5+. The Hall–Kier alpha value is -4.00. The van der Waals surface area contributed by atoms with E-state index >= 15 is 0 Å². The summed E-state index contributed by atoms with van der Waals surface area (Å²) in [4.78, 5) is 37.2. The zero-order valence-corrected chi connectivity index (χ0v) is 15.1. The number of hydrogen-bond acceptors (Lipinski definition) is 4. The number of benzene rings is 2. The van der Waals surface area contributed by atoms with Crippen molar-refractivity contribution in [1.29, 1.82) is 0 Å². The van der Waals surface area contributed by atoms with Crippen molar-refractivity contribution in [2.75, 3.05) is 0 Å². The zero-order chi connectivity index (χ0) is 19.9. The summed E-state index contributed by atoms with van der Waals surface area (Å²) in [6, 6.07) is 15.5. The van der Waals surface area contributed by atoms with Crippen molar-refractivity contribution in [2.24, 2.45) is 0 Å². The Morgan fingerprint density at radius 2 is 1.61 bits per heavy atom. The van der Waals surface area contributed by atoms with Crippen molar-refractivity contribution in [1.82, 2.24) is 20.6 Å². The molecule has 0 aliphatic heterocycles. The number of nitrogens with zero attached hydrogens (tertiary/aromatic N) is 2. The summed E-state index contributed by atoms with van der Waals surface area (Å²) in [7, 11) is 0. The molecule has 7 nitrogen and oxygen atoms in total. The Labute approximate surface area is 161 Å². The highest BCUT2D eigenvalue weighted by atomic mass is 16.2. The van der Waals surface area contributed by atoms with Crippen molar-refractivity contribution in [3.8, 4) is 5.69 Å². The number of hydrazine groups is 1. The number of carbonyl (C=O) groups excluding carboxylic acids is 2. The first kappa shape index (κ1) is 18.8. The van der Waals surface area contributed by atoms with Crippen molar-refractivity contribution >= 4 is 22.6 Å². The fourth-order valence-corrected chi connectivity index (χ4v) is 2.57. The second kappa shape index (κ2) is 8.59. The summed E-state index contributed by atoms with van der Waals surface area (Å²) in [6.07, 6.45) is 6.28. The third kappa shape index (κ3) is 4.04. The van der Waals surface area contributed by atoms with Gasteiger partial charge in [0.15, 0.2) is 5.69 Å². The fourth-order valence-electron chi connectivity index (χ4n) is 2.57. The lowest BCUT2D eigenvalue weighted by molar-refractivity contribution is -0.117. The maximum absolute atomic E-state index is 12.8. The molecule has 0 atom stereocenters. The summed E-state index contributed by atoms with van der Waals surface area (Å²) in [5, 5.41) is 4.99. The van der Waals surface area contributed by atoms with Gasteiger partial charge in [-0.1, -0.05) is 54.6 Å². The average molecular weight is 374 g/mol. The lowest BCUT2D eigenvalue weighted by Crippen LogP contribution is -2.42.